The Hall–Kier alpha value is 0.244. The van der Waals surface area contributed by atoms with E-state index in [2.05, 4.69) is 26.2 Å². The quantitative estimate of drug-likeness (QED) is 0.325. The highest BCUT2D eigenvalue weighted by molar-refractivity contribution is 6.84. The SMILES string of the molecule is C[Si](C)(CCCOCF)O[Si](C)(C)CCC1CCC2OC2C1. The highest BCUT2D eigenvalue weighted by Crippen LogP contribution is 2.41. The van der Waals surface area contributed by atoms with Crippen molar-refractivity contribution in [3.63, 3.8) is 0 Å². The van der Waals surface area contributed by atoms with Crippen LogP contribution in [0.5, 0.6) is 0 Å². The Morgan fingerprint density at radius 1 is 1.05 bits per heavy atom. The molecule has 130 valence electrons. The average molecular weight is 349 g/mol. The molecule has 0 aromatic carbocycles. The van der Waals surface area contributed by atoms with E-state index in [4.69, 9.17) is 13.6 Å². The van der Waals surface area contributed by atoms with Gasteiger partial charge in [0.05, 0.1) is 12.2 Å². The summed E-state index contributed by atoms with van der Waals surface area (Å²) in [7, 11) is -3.24. The van der Waals surface area contributed by atoms with Gasteiger partial charge in [0.2, 0.25) is 0 Å². The molecule has 1 saturated heterocycles. The van der Waals surface area contributed by atoms with Gasteiger partial charge in [0, 0.05) is 6.61 Å². The number of epoxide rings is 1. The molecule has 3 nitrogen and oxygen atoms in total. The van der Waals surface area contributed by atoms with Crippen LogP contribution in [0, 0.1) is 5.92 Å². The van der Waals surface area contributed by atoms with Gasteiger partial charge in [0.15, 0.2) is 23.5 Å². The second-order valence-electron chi connectivity index (χ2n) is 8.17. The van der Waals surface area contributed by atoms with Crippen LogP contribution in [0.1, 0.15) is 32.1 Å². The van der Waals surface area contributed by atoms with Crippen LogP contribution >= 0.6 is 0 Å². The molecule has 1 heterocycles. The molecule has 1 aliphatic carbocycles. The predicted molar refractivity (Wildman–Crippen MR) is 92.8 cm³/mol. The van der Waals surface area contributed by atoms with E-state index >= 15 is 0 Å². The fourth-order valence-electron chi connectivity index (χ4n) is 3.81. The minimum absolute atomic E-state index is 0.517. The fourth-order valence-corrected chi connectivity index (χ4v) is 12.7. The molecule has 3 unspecified atom stereocenters. The van der Waals surface area contributed by atoms with Gasteiger partial charge in [-0.25, -0.2) is 4.39 Å². The summed E-state index contributed by atoms with van der Waals surface area (Å²) in [5, 5.41) is 0. The van der Waals surface area contributed by atoms with Gasteiger partial charge in [-0.2, -0.15) is 0 Å². The fraction of sp³-hybridized carbons (Fsp3) is 1.00. The normalized spacial score (nSPS) is 28.5. The first-order valence-corrected chi connectivity index (χ1v) is 15.0. The zero-order valence-corrected chi connectivity index (χ0v) is 16.7. The Morgan fingerprint density at radius 2 is 1.77 bits per heavy atom. The lowest BCUT2D eigenvalue weighted by molar-refractivity contribution is 0.0581. The molecule has 6 heteroatoms. The minimum atomic E-state index is -1.65. The van der Waals surface area contributed by atoms with Crippen molar-refractivity contribution in [2.75, 3.05) is 13.5 Å². The second-order valence-corrected chi connectivity index (χ2v) is 17.0. The van der Waals surface area contributed by atoms with Gasteiger partial charge in [0.1, 0.15) is 0 Å². The molecule has 2 aliphatic rings. The number of hydrogen-bond acceptors (Lipinski definition) is 3. The summed E-state index contributed by atoms with van der Waals surface area (Å²) >= 11 is 0. The summed E-state index contributed by atoms with van der Waals surface area (Å²) in [5.74, 6) is 0.849. The minimum Gasteiger partial charge on any atom is -0.455 e. The van der Waals surface area contributed by atoms with Crippen LogP contribution in [0.15, 0.2) is 0 Å². The molecule has 3 atom stereocenters. The highest BCUT2D eigenvalue weighted by atomic mass is 28.4. The first-order chi connectivity index (χ1) is 10.3. The monoisotopic (exact) mass is 348 g/mol. The third-order valence-electron chi connectivity index (χ3n) is 4.96. The number of alkyl halides is 1. The summed E-state index contributed by atoms with van der Waals surface area (Å²) in [6, 6.07) is 2.32. The summed E-state index contributed by atoms with van der Waals surface area (Å²) in [4.78, 5) is 0. The zero-order chi connectivity index (χ0) is 16.2. The van der Waals surface area contributed by atoms with Crippen molar-refractivity contribution in [3.05, 3.63) is 0 Å². The first kappa shape index (κ1) is 18.6. The maximum absolute atomic E-state index is 11.9. The number of hydrogen-bond donors (Lipinski definition) is 0. The Bertz CT molecular complexity index is 352. The molecule has 1 saturated carbocycles. The van der Waals surface area contributed by atoms with Gasteiger partial charge >= 0.3 is 0 Å². The molecule has 1 aliphatic heterocycles. The van der Waals surface area contributed by atoms with Crippen molar-refractivity contribution in [1.82, 2.24) is 0 Å². The standard InChI is InChI=1S/C16H33FO3Si2/c1-21(2,10-5-9-18-13-17)20-22(3,4)11-8-14-6-7-15-16(12-14)19-15/h14-16H,5-13H2,1-4H3. The lowest BCUT2D eigenvalue weighted by Gasteiger charge is -2.35. The van der Waals surface area contributed by atoms with Crippen LogP contribution in [0.3, 0.4) is 0 Å². The molecule has 0 aromatic heterocycles. The maximum atomic E-state index is 11.9. The predicted octanol–water partition coefficient (Wildman–Crippen LogP) is 4.70. The van der Waals surface area contributed by atoms with E-state index in [1.54, 1.807) is 0 Å². The van der Waals surface area contributed by atoms with Crippen molar-refractivity contribution in [3.8, 4) is 0 Å². The third-order valence-corrected chi connectivity index (χ3v) is 12.4. The molecule has 0 bridgehead atoms. The molecule has 0 aromatic rings. The molecule has 0 N–H and O–H groups in total. The number of halogens is 1. The molecular formula is C16H33FO3Si2. The van der Waals surface area contributed by atoms with Crippen LogP contribution in [0.2, 0.25) is 38.3 Å². The van der Waals surface area contributed by atoms with Crippen LogP contribution in [0.4, 0.5) is 4.39 Å². The van der Waals surface area contributed by atoms with Crippen LogP contribution in [-0.2, 0) is 13.6 Å². The van der Waals surface area contributed by atoms with Crippen molar-refractivity contribution < 1.29 is 18.0 Å². The van der Waals surface area contributed by atoms with Gasteiger partial charge in [-0.05, 0) is 69.9 Å². The van der Waals surface area contributed by atoms with Crippen molar-refractivity contribution in [2.24, 2.45) is 5.92 Å². The Kier molecular flexibility index (Phi) is 6.65. The van der Waals surface area contributed by atoms with Crippen molar-refractivity contribution in [1.29, 1.82) is 0 Å². The van der Waals surface area contributed by atoms with Gasteiger partial charge in [-0.3, -0.25) is 0 Å². The van der Waals surface area contributed by atoms with E-state index in [-0.39, 0.29) is 0 Å². The lowest BCUT2D eigenvalue weighted by Crippen LogP contribution is -2.44. The summed E-state index contributed by atoms with van der Waals surface area (Å²) in [6.45, 7) is 9.15. The lowest BCUT2D eigenvalue weighted by atomic mass is 9.88. The summed E-state index contributed by atoms with van der Waals surface area (Å²) in [6.07, 6.45) is 7.30. The average Bonchev–Trinajstić information content (AvgIpc) is 3.19. The smallest absolute Gasteiger partial charge is 0.188 e. The molecular weight excluding hydrogens is 315 g/mol. The van der Waals surface area contributed by atoms with E-state index in [1.807, 2.05) is 0 Å². The Morgan fingerprint density at radius 3 is 2.45 bits per heavy atom. The zero-order valence-electron chi connectivity index (χ0n) is 14.7. The molecule has 0 amide bonds. The van der Waals surface area contributed by atoms with Crippen LogP contribution in [0.25, 0.3) is 0 Å². The third kappa shape index (κ3) is 6.39. The van der Waals surface area contributed by atoms with Crippen LogP contribution in [-0.4, -0.2) is 42.3 Å². The number of ether oxygens (including phenoxy) is 2. The van der Waals surface area contributed by atoms with Crippen molar-refractivity contribution >= 4 is 16.6 Å². The largest absolute Gasteiger partial charge is 0.455 e. The summed E-state index contributed by atoms with van der Waals surface area (Å²) < 4.78 is 29.0. The second kappa shape index (κ2) is 7.88. The van der Waals surface area contributed by atoms with Gasteiger partial charge < -0.3 is 13.6 Å². The van der Waals surface area contributed by atoms with E-state index < -0.39 is 23.5 Å². The summed E-state index contributed by atoms with van der Waals surface area (Å²) in [5.41, 5.74) is 0. The Balaban J connectivity index is 1.67. The van der Waals surface area contributed by atoms with Gasteiger partial charge in [-0.15, -0.1) is 0 Å². The Labute approximate surface area is 137 Å². The van der Waals surface area contributed by atoms with E-state index in [9.17, 15) is 4.39 Å². The maximum Gasteiger partial charge on any atom is 0.188 e. The molecule has 2 rings (SSSR count). The molecule has 22 heavy (non-hydrogen) atoms. The highest BCUT2D eigenvalue weighted by Gasteiger charge is 2.44. The molecule has 2 fully saturated rings. The van der Waals surface area contributed by atoms with E-state index in [0.29, 0.717) is 18.8 Å². The van der Waals surface area contributed by atoms with E-state index in [0.717, 1.165) is 18.4 Å². The van der Waals surface area contributed by atoms with E-state index in [1.165, 1.54) is 31.7 Å². The van der Waals surface area contributed by atoms with Crippen molar-refractivity contribution in [2.45, 2.75) is 82.6 Å². The first-order valence-electron chi connectivity index (χ1n) is 8.81. The van der Waals surface area contributed by atoms with Gasteiger partial charge in [-0.1, -0.05) is 6.42 Å². The topological polar surface area (TPSA) is 31.0 Å². The number of fused-ring (bicyclic) bond motifs is 1. The molecule has 0 radical (unpaired) electrons. The molecule has 0 spiro atoms. The van der Waals surface area contributed by atoms with Crippen LogP contribution < -0.4 is 0 Å². The number of rotatable bonds is 10. The van der Waals surface area contributed by atoms with Gasteiger partial charge in [0.25, 0.3) is 0 Å².